The number of rotatable bonds is 5. The molecule has 2 fully saturated rings. The highest BCUT2D eigenvalue weighted by Gasteiger charge is 2.23. The van der Waals surface area contributed by atoms with Crippen LogP contribution in [0.4, 0.5) is 0 Å². The molecule has 1 saturated heterocycles. The first kappa shape index (κ1) is 11.6. The lowest BCUT2D eigenvalue weighted by Crippen LogP contribution is -2.22. The van der Waals surface area contributed by atoms with Crippen LogP contribution in [0.2, 0.25) is 0 Å². The average molecular weight is 247 g/mol. The Morgan fingerprint density at radius 2 is 2.18 bits per heavy atom. The van der Waals surface area contributed by atoms with Gasteiger partial charge in [-0.2, -0.15) is 11.8 Å². The van der Waals surface area contributed by atoms with Gasteiger partial charge < -0.3 is 5.32 Å². The molecule has 1 N–H and O–H groups in total. The van der Waals surface area contributed by atoms with Gasteiger partial charge in [0.1, 0.15) is 0 Å². The molecular weight excluding hydrogens is 226 g/mol. The molecule has 17 heavy (non-hydrogen) atoms. The molecule has 1 heterocycles. The van der Waals surface area contributed by atoms with E-state index in [1.54, 1.807) is 5.56 Å². The molecule has 1 aromatic carbocycles. The second kappa shape index (κ2) is 5.45. The van der Waals surface area contributed by atoms with Gasteiger partial charge in [0.05, 0.1) is 0 Å². The van der Waals surface area contributed by atoms with E-state index in [-0.39, 0.29) is 0 Å². The third-order valence-corrected chi connectivity index (χ3v) is 5.02. The number of hydrogen-bond acceptors (Lipinski definition) is 2. The molecule has 0 radical (unpaired) electrons. The Balaban J connectivity index is 1.48. The molecule has 1 aromatic rings. The van der Waals surface area contributed by atoms with Crippen molar-refractivity contribution < 1.29 is 0 Å². The predicted octanol–water partition coefficient (Wildman–Crippen LogP) is 3.41. The standard InChI is InChI=1S/C15H21NS/c1-2-12(8-15(3-1)14-4-5-14)9-16-10-13-6-7-17-11-13/h1-3,8,13-14,16H,4-7,9-11H2. The maximum atomic E-state index is 3.62. The molecule has 0 amide bonds. The van der Waals surface area contributed by atoms with Crippen LogP contribution < -0.4 is 5.32 Å². The summed E-state index contributed by atoms with van der Waals surface area (Å²) in [5.41, 5.74) is 3.01. The van der Waals surface area contributed by atoms with Crippen molar-refractivity contribution in [3.8, 4) is 0 Å². The van der Waals surface area contributed by atoms with Gasteiger partial charge in [-0.15, -0.1) is 0 Å². The van der Waals surface area contributed by atoms with E-state index in [1.807, 2.05) is 0 Å². The van der Waals surface area contributed by atoms with Gasteiger partial charge in [-0.3, -0.25) is 0 Å². The van der Waals surface area contributed by atoms with Crippen molar-refractivity contribution in [3.63, 3.8) is 0 Å². The van der Waals surface area contributed by atoms with Crippen LogP contribution in [0.15, 0.2) is 24.3 Å². The van der Waals surface area contributed by atoms with Crippen molar-refractivity contribution in [1.82, 2.24) is 5.32 Å². The van der Waals surface area contributed by atoms with E-state index < -0.39 is 0 Å². The molecule has 3 rings (SSSR count). The van der Waals surface area contributed by atoms with Crippen molar-refractivity contribution in [3.05, 3.63) is 35.4 Å². The van der Waals surface area contributed by atoms with Crippen LogP contribution in [0.25, 0.3) is 0 Å². The maximum absolute atomic E-state index is 3.62. The van der Waals surface area contributed by atoms with Crippen molar-refractivity contribution in [2.24, 2.45) is 5.92 Å². The van der Waals surface area contributed by atoms with Gasteiger partial charge in [-0.1, -0.05) is 24.3 Å². The summed E-state index contributed by atoms with van der Waals surface area (Å²) in [6, 6.07) is 9.15. The Bertz CT molecular complexity index is 367. The summed E-state index contributed by atoms with van der Waals surface area (Å²) >= 11 is 2.10. The van der Waals surface area contributed by atoms with Crippen LogP contribution >= 0.6 is 11.8 Å². The molecule has 2 heteroatoms. The molecule has 0 aromatic heterocycles. The van der Waals surface area contributed by atoms with E-state index in [9.17, 15) is 0 Å². The Morgan fingerprint density at radius 1 is 1.24 bits per heavy atom. The minimum atomic E-state index is 0.876. The number of hydrogen-bond donors (Lipinski definition) is 1. The van der Waals surface area contributed by atoms with Crippen LogP contribution in [0.5, 0.6) is 0 Å². The fourth-order valence-electron chi connectivity index (χ4n) is 2.54. The molecule has 1 saturated carbocycles. The molecule has 1 aliphatic carbocycles. The quantitative estimate of drug-likeness (QED) is 0.856. The van der Waals surface area contributed by atoms with E-state index in [4.69, 9.17) is 0 Å². The van der Waals surface area contributed by atoms with Crippen molar-refractivity contribution >= 4 is 11.8 Å². The lowest BCUT2D eigenvalue weighted by atomic mass is 10.1. The summed E-state index contributed by atoms with van der Waals surface area (Å²) in [4.78, 5) is 0. The molecule has 0 bridgehead atoms. The first-order valence-corrected chi connectivity index (χ1v) is 7.94. The van der Waals surface area contributed by atoms with Gasteiger partial charge >= 0.3 is 0 Å². The molecular formula is C15H21NS. The second-order valence-electron chi connectivity index (χ2n) is 5.38. The van der Waals surface area contributed by atoms with Gasteiger partial charge in [0.15, 0.2) is 0 Å². The minimum absolute atomic E-state index is 0.876. The fourth-order valence-corrected chi connectivity index (χ4v) is 3.82. The third-order valence-electron chi connectivity index (χ3n) is 3.79. The van der Waals surface area contributed by atoms with E-state index >= 15 is 0 Å². The van der Waals surface area contributed by atoms with Crippen molar-refractivity contribution in [2.45, 2.75) is 31.7 Å². The van der Waals surface area contributed by atoms with Crippen LogP contribution in [-0.2, 0) is 6.54 Å². The summed E-state index contributed by atoms with van der Waals surface area (Å²) < 4.78 is 0. The smallest absolute Gasteiger partial charge is 0.0205 e. The molecule has 1 nitrogen and oxygen atoms in total. The first-order valence-electron chi connectivity index (χ1n) is 6.79. The zero-order chi connectivity index (χ0) is 11.5. The lowest BCUT2D eigenvalue weighted by molar-refractivity contribution is 0.523. The second-order valence-corrected chi connectivity index (χ2v) is 6.53. The van der Waals surface area contributed by atoms with Gasteiger partial charge in [0, 0.05) is 6.54 Å². The van der Waals surface area contributed by atoms with Crippen LogP contribution in [0.1, 0.15) is 36.3 Å². The Hall–Kier alpha value is -0.470. The maximum Gasteiger partial charge on any atom is 0.0205 e. The van der Waals surface area contributed by atoms with Crippen molar-refractivity contribution in [1.29, 1.82) is 0 Å². The van der Waals surface area contributed by atoms with Gasteiger partial charge in [0.2, 0.25) is 0 Å². The summed E-state index contributed by atoms with van der Waals surface area (Å²) in [6.45, 7) is 2.24. The molecule has 2 aliphatic rings. The zero-order valence-corrected chi connectivity index (χ0v) is 11.1. The van der Waals surface area contributed by atoms with Crippen molar-refractivity contribution in [2.75, 3.05) is 18.1 Å². The Kier molecular flexibility index (Phi) is 3.72. The van der Waals surface area contributed by atoms with Crippen LogP contribution in [0, 0.1) is 5.92 Å². The van der Waals surface area contributed by atoms with Gasteiger partial charge in [0.25, 0.3) is 0 Å². The topological polar surface area (TPSA) is 12.0 Å². The summed E-state index contributed by atoms with van der Waals surface area (Å²) in [5.74, 6) is 4.51. The Labute approximate surface area is 108 Å². The monoisotopic (exact) mass is 247 g/mol. The normalized spacial score (nSPS) is 24.1. The summed E-state index contributed by atoms with van der Waals surface area (Å²) in [6.07, 6.45) is 4.20. The lowest BCUT2D eigenvalue weighted by Gasteiger charge is -2.10. The van der Waals surface area contributed by atoms with Gasteiger partial charge in [-0.05, 0) is 60.3 Å². The minimum Gasteiger partial charge on any atom is -0.312 e. The van der Waals surface area contributed by atoms with E-state index in [2.05, 4.69) is 41.3 Å². The molecule has 1 unspecified atom stereocenters. The predicted molar refractivity (Wildman–Crippen MR) is 75.6 cm³/mol. The largest absolute Gasteiger partial charge is 0.312 e. The van der Waals surface area contributed by atoms with Crippen LogP contribution in [0.3, 0.4) is 0 Å². The highest BCUT2D eigenvalue weighted by molar-refractivity contribution is 7.99. The molecule has 1 atom stereocenters. The summed E-state index contributed by atoms with van der Waals surface area (Å²) in [7, 11) is 0. The zero-order valence-electron chi connectivity index (χ0n) is 10.3. The fraction of sp³-hybridized carbons (Fsp3) is 0.600. The summed E-state index contributed by atoms with van der Waals surface area (Å²) in [5, 5.41) is 3.62. The first-order chi connectivity index (χ1) is 8.42. The number of thioether (sulfide) groups is 1. The SMILES string of the molecule is c1cc(CNCC2CCSC2)cc(C2CC2)c1. The van der Waals surface area contributed by atoms with E-state index in [0.717, 1.165) is 18.4 Å². The highest BCUT2D eigenvalue weighted by Crippen LogP contribution is 2.40. The Morgan fingerprint density at radius 3 is 2.94 bits per heavy atom. The van der Waals surface area contributed by atoms with Crippen LogP contribution in [-0.4, -0.2) is 18.1 Å². The molecule has 92 valence electrons. The van der Waals surface area contributed by atoms with E-state index in [1.165, 1.54) is 42.9 Å². The number of benzene rings is 1. The molecule has 0 spiro atoms. The van der Waals surface area contributed by atoms with E-state index in [0.29, 0.717) is 0 Å². The highest BCUT2D eigenvalue weighted by atomic mass is 32.2. The third kappa shape index (κ3) is 3.26. The average Bonchev–Trinajstić information content (AvgIpc) is 3.09. The van der Waals surface area contributed by atoms with Gasteiger partial charge in [-0.25, -0.2) is 0 Å². The molecule has 1 aliphatic heterocycles. The number of nitrogens with one attached hydrogen (secondary N) is 1.